The van der Waals surface area contributed by atoms with E-state index < -0.39 is 0 Å². The van der Waals surface area contributed by atoms with Crippen molar-refractivity contribution >= 4 is 33.2 Å². The molecule has 0 aliphatic heterocycles. The molecule has 6 nitrogen and oxygen atoms in total. The van der Waals surface area contributed by atoms with Crippen LogP contribution in [0.3, 0.4) is 0 Å². The highest BCUT2D eigenvalue weighted by molar-refractivity contribution is 6.05. The summed E-state index contributed by atoms with van der Waals surface area (Å²) < 4.78 is 3.78. The van der Waals surface area contributed by atoms with Crippen molar-refractivity contribution in [2.45, 2.75) is 39.7 Å². The molecular formula is C24H23N5O. The molecule has 0 unspecified atom stereocenters. The zero-order valence-electron chi connectivity index (χ0n) is 17.2. The van der Waals surface area contributed by atoms with Crippen LogP contribution in [0.5, 0.6) is 0 Å². The molecule has 2 aromatic carbocycles. The summed E-state index contributed by atoms with van der Waals surface area (Å²) in [5.41, 5.74) is 4.36. The Morgan fingerprint density at radius 1 is 0.833 bits per heavy atom. The third kappa shape index (κ3) is 2.79. The fourth-order valence-electron chi connectivity index (χ4n) is 4.01. The summed E-state index contributed by atoms with van der Waals surface area (Å²) in [7, 11) is 0. The van der Waals surface area contributed by atoms with Crippen molar-refractivity contribution in [2.75, 3.05) is 0 Å². The van der Waals surface area contributed by atoms with Gasteiger partial charge in [0.25, 0.3) is 5.56 Å². The van der Waals surface area contributed by atoms with Gasteiger partial charge in [-0.25, -0.2) is 15.0 Å². The molecular weight excluding hydrogens is 374 g/mol. The fraction of sp³-hybridized carbons (Fsp3) is 0.250. The molecule has 0 atom stereocenters. The average molecular weight is 397 g/mol. The van der Waals surface area contributed by atoms with Crippen LogP contribution in [-0.2, 0) is 13.0 Å². The van der Waals surface area contributed by atoms with E-state index in [2.05, 4.69) is 6.92 Å². The topological polar surface area (TPSA) is 65.6 Å². The predicted octanol–water partition coefficient (Wildman–Crippen LogP) is 4.65. The summed E-state index contributed by atoms with van der Waals surface area (Å²) >= 11 is 0. The number of hydrogen-bond donors (Lipinski definition) is 0. The van der Waals surface area contributed by atoms with Crippen molar-refractivity contribution in [3.63, 3.8) is 0 Å². The third-order valence-corrected chi connectivity index (χ3v) is 5.51. The lowest BCUT2D eigenvalue weighted by Crippen LogP contribution is -2.25. The van der Waals surface area contributed by atoms with Crippen LogP contribution in [0.25, 0.3) is 38.9 Å². The first-order valence-electron chi connectivity index (χ1n) is 10.5. The number of para-hydroxylation sites is 3. The highest BCUT2D eigenvalue weighted by Gasteiger charge is 2.22. The van der Waals surface area contributed by atoms with Crippen LogP contribution in [0.4, 0.5) is 0 Å². The van der Waals surface area contributed by atoms with Gasteiger partial charge in [-0.1, -0.05) is 50.6 Å². The monoisotopic (exact) mass is 397 g/mol. The molecule has 6 heteroatoms. The van der Waals surface area contributed by atoms with Crippen LogP contribution in [0.15, 0.2) is 59.4 Å². The Balaban J connectivity index is 1.98. The van der Waals surface area contributed by atoms with Crippen molar-refractivity contribution in [1.29, 1.82) is 0 Å². The highest BCUT2D eigenvalue weighted by Crippen LogP contribution is 2.28. The number of rotatable bonds is 5. The van der Waals surface area contributed by atoms with Gasteiger partial charge in [-0.2, -0.15) is 0 Å². The summed E-state index contributed by atoms with van der Waals surface area (Å²) in [6.07, 6.45) is 2.64. The number of nitrogens with zero attached hydrogens (tertiary/aromatic N) is 5. The molecule has 0 N–H and O–H groups in total. The first kappa shape index (κ1) is 18.5. The van der Waals surface area contributed by atoms with Gasteiger partial charge < -0.3 is 0 Å². The zero-order chi connectivity index (χ0) is 20.7. The molecule has 0 bridgehead atoms. The van der Waals surface area contributed by atoms with Gasteiger partial charge in [-0.3, -0.25) is 13.9 Å². The van der Waals surface area contributed by atoms with E-state index in [0.29, 0.717) is 35.2 Å². The summed E-state index contributed by atoms with van der Waals surface area (Å²) in [4.78, 5) is 28.4. The lowest BCUT2D eigenvalue weighted by molar-refractivity contribution is 0.579. The summed E-state index contributed by atoms with van der Waals surface area (Å²) in [6, 6.07) is 17.7. The second-order valence-electron chi connectivity index (χ2n) is 7.45. The number of aryl methyl sites for hydroxylation is 1. The molecule has 0 fully saturated rings. The first-order chi connectivity index (χ1) is 14.7. The highest BCUT2D eigenvalue weighted by atomic mass is 16.1. The molecule has 0 radical (unpaired) electrons. The maximum Gasteiger partial charge on any atom is 0.265 e. The Morgan fingerprint density at radius 3 is 2.23 bits per heavy atom. The predicted molar refractivity (Wildman–Crippen MR) is 120 cm³/mol. The summed E-state index contributed by atoms with van der Waals surface area (Å²) in [5.74, 6) is 0.797. The maximum atomic E-state index is 13.7. The van der Waals surface area contributed by atoms with Crippen LogP contribution >= 0.6 is 0 Å². The van der Waals surface area contributed by atoms with Crippen molar-refractivity contribution < 1.29 is 0 Å². The van der Waals surface area contributed by atoms with E-state index >= 15 is 0 Å². The minimum Gasteiger partial charge on any atom is -0.296 e. The van der Waals surface area contributed by atoms with Crippen molar-refractivity contribution in [2.24, 2.45) is 0 Å². The molecule has 3 aromatic heterocycles. The van der Waals surface area contributed by atoms with Gasteiger partial charge in [0, 0.05) is 18.7 Å². The molecule has 0 amide bonds. The van der Waals surface area contributed by atoms with Gasteiger partial charge in [-0.15, -0.1) is 0 Å². The van der Waals surface area contributed by atoms with E-state index in [4.69, 9.17) is 15.0 Å². The maximum absolute atomic E-state index is 13.7. The molecule has 0 saturated heterocycles. The van der Waals surface area contributed by atoms with Crippen molar-refractivity contribution in [3.8, 4) is 5.69 Å². The number of unbranched alkanes of at least 4 members (excludes halogenated alkanes) is 1. The number of aromatic nitrogens is 5. The minimum atomic E-state index is -0.0328. The second kappa shape index (κ2) is 7.37. The Morgan fingerprint density at radius 2 is 1.53 bits per heavy atom. The molecule has 3 heterocycles. The van der Waals surface area contributed by atoms with Gasteiger partial charge in [0.2, 0.25) is 0 Å². The summed E-state index contributed by atoms with van der Waals surface area (Å²) in [6.45, 7) is 4.83. The Kier molecular flexibility index (Phi) is 4.54. The van der Waals surface area contributed by atoms with Crippen LogP contribution in [0, 0.1) is 0 Å². The molecule has 5 aromatic rings. The summed E-state index contributed by atoms with van der Waals surface area (Å²) in [5, 5.41) is 0.542. The largest absolute Gasteiger partial charge is 0.296 e. The van der Waals surface area contributed by atoms with Crippen LogP contribution in [-0.4, -0.2) is 24.1 Å². The molecule has 0 aliphatic carbocycles. The van der Waals surface area contributed by atoms with Gasteiger partial charge in [0.05, 0.1) is 11.0 Å². The molecule has 150 valence electrons. The smallest absolute Gasteiger partial charge is 0.265 e. The van der Waals surface area contributed by atoms with Gasteiger partial charge in [0.1, 0.15) is 16.7 Å². The van der Waals surface area contributed by atoms with Gasteiger partial charge >= 0.3 is 0 Å². The molecule has 30 heavy (non-hydrogen) atoms. The van der Waals surface area contributed by atoms with Gasteiger partial charge in [-0.05, 0) is 30.7 Å². The van der Waals surface area contributed by atoms with Crippen LogP contribution in [0.2, 0.25) is 0 Å². The van der Waals surface area contributed by atoms with E-state index in [1.54, 1.807) is 0 Å². The first-order valence-corrected chi connectivity index (χ1v) is 10.5. The average Bonchev–Trinajstić information content (AvgIpc) is 3.10. The van der Waals surface area contributed by atoms with E-state index in [9.17, 15) is 4.79 Å². The van der Waals surface area contributed by atoms with Crippen molar-refractivity contribution in [1.82, 2.24) is 24.1 Å². The minimum absolute atomic E-state index is 0.0328. The molecule has 0 saturated carbocycles. The van der Waals surface area contributed by atoms with E-state index in [-0.39, 0.29) is 5.56 Å². The van der Waals surface area contributed by atoms with Crippen LogP contribution < -0.4 is 5.56 Å². The lowest BCUT2D eigenvalue weighted by atomic mass is 10.2. The lowest BCUT2D eigenvalue weighted by Gasteiger charge is -2.12. The Labute approximate surface area is 173 Å². The number of benzene rings is 2. The van der Waals surface area contributed by atoms with Crippen molar-refractivity contribution in [3.05, 3.63) is 70.8 Å². The van der Waals surface area contributed by atoms with E-state index in [1.165, 1.54) is 0 Å². The normalized spacial score (nSPS) is 11.7. The van der Waals surface area contributed by atoms with E-state index in [1.807, 2.05) is 70.7 Å². The number of fused-ring (bicyclic) bond motifs is 4. The standard InChI is InChI=1S/C24H23N5O/c1-3-5-15-28-19(4-2)27-22-20(24(28)30)21-23(29(22)16-11-7-6-8-12-16)26-18-14-10-9-13-17(18)25-21/h6-14H,3-5,15H2,1-2H3. The Hall–Kier alpha value is -3.54. The quantitative estimate of drug-likeness (QED) is 0.433. The van der Waals surface area contributed by atoms with Gasteiger partial charge in [0.15, 0.2) is 11.3 Å². The molecule has 0 aliphatic rings. The molecule has 5 rings (SSSR count). The second-order valence-corrected chi connectivity index (χ2v) is 7.45. The SMILES string of the molecule is CCCCn1c(CC)nc2c(c1=O)c1nc3ccccc3nc1n2-c1ccccc1. The fourth-order valence-corrected chi connectivity index (χ4v) is 4.01. The Bertz CT molecular complexity index is 1430. The third-order valence-electron chi connectivity index (χ3n) is 5.51. The van der Waals surface area contributed by atoms with Crippen LogP contribution in [0.1, 0.15) is 32.5 Å². The van der Waals surface area contributed by atoms with E-state index in [0.717, 1.165) is 35.4 Å². The zero-order valence-corrected chi connectivity index (χ0v) is 17.2. The number of hydrogen-bond acceptors (Lipinski definition) is 4. The molecule has 0 spiro atoms.